The van der Waals surface area contributed by atoms with Crippen molar-refractivity contribution in [2.24, 2.45) is 0 Å². The zero-order valence-electron chi connectivity index (χ0n) is 15.7. The highest BCUT2D eigenvalue weighted by Crippen LogP contribution is 2.42. The molecule has 3 aromatic carbocycles. The normalized spacial score (nSPS) is 14.6. The van der Waals surface area contributed by atoms with Crippen LogP contribution in [0.4, 0.5) is 5.69 Å². The minimum Gasteiger partial charge on any atom is -0.326 e. The molecule has 0 bridgehead atoms. The minimum absolute atomic E-state index is 0.255. The maximum absolute atomic E-state index is 13.4. The Labute approximate surface area is 177 Å². The second-order valence-electron chi connectivity index (χ2n) is 7.21. The van der Waals surface area contributed by atoms with Gasteiger partial charge in [0.15, 0.2) is 11.6 Å². The van der Waals surface area contributed by atoms with E-state index in [1.54, 1.807) is 60.7 Å². The maximum Gasteiger partial charge on any atom is 0.226 e. The topological polar surface area (TPSA) is 63.2 Å². The largest absolute Gasteiger partial charge is 0.326 e. The fraction of sp³-hybridized carbons (Fsp3) is 0.125. The number of hydrogen-bond donors (Lipinski definition) is 1. The Hall–Kier alpha value is -3.05. The summed E-state index contributed by atoms with van der Waals surface area (Å²) in [4.78, 5) is 39.8. The number of rotatable bonds is 4. The molecule has 1 aliphatic carbocycles. The molecule has 1 N–H and O–H groups in total. The highest BCUT2D eigenvalue weighted by Gasteiger charge is 2.55. The molecule has 0 saturated carbocycles. The molecule has 0 aromatic heterocycles. The van der Waals surface area contributed by atoms with Crippen molar-refractivity contribution in [1.29, 1.82) is 0 Å². The fourth-order valence-corrected chi connectivity index (χ4v) is 4.05. The lowest BCUT2D eigenvalue weighted by Gasteiger charge is -2.26. The van der Waals surface area contributed by atoms with E-state index in [2.05, 4.69) is 21.2 Å². The van der Waals surface area contributed by atoms with Gasteiger partial charge in [-0.05, 0) is 36.8 Å². The molecule has 144 valence electrons. The Morgan fingerprint density at radius 3 is 1.97 bits per heavy atom. The second-order valence-corrected chi connectivity index (χ2v) is 8.12. The highest BCUT2D eigenvalue weighted by molar-refractivity contribution is 9.10. The summed E-state index contributed by atoms with van der Waals surface area (Å²) in [7, 11) is 0. The summed E-state index contributed by atoms with van der Waals surface area (Å²) in [6.45, 7) is 1.96. The first-order valence-electron chi connectivity index (χ1n) is 9.23. The Bertz CT molecular complexity index is 1080. The molecule has 1 amide bonds. The molecular weight excluding hydrogens is 430 g/mol. The van der Waals surface area contributed by atoms with E-state index in [9.17, 15) is 14.4 Å². The van der Waals surface area contributed by atoms with Gasteiger partial charge in [0.25, 0.3) is 0 Å². The molecular formula is C24H18BrNO3. The summed E-state index contributed by atoms with van der Waals surface area (Å²) in [5, 5.41) is 2.82. The van der Waals surface area contributed by atoms with E-state index < -0.39 is 5.41 Å². The van der Waals surface area contributed by atoms with Gasteiger partial charge in [-0.15, -0.1) is 0 Å². The highest BCUT2D eigenvalue weighted by atomic mass is 79.9. The number of carbonyl (C=O) groups is 3. The third-order valence-corrected chi connectivity index (χ3v) is 5.82. The van der Waals surface area contributed by atoms with Crippen LogP contribution in [0, 0.1) is 6.92 Å². The lowest BCUT2D eigenvalue weighted by Crippen LogP contribution is -2.42. The van der Waals surface area contributed by atoms with E-state index in [1.807, 2.05) is 19.1 Å². The van der Waals surface area contributed by atoms with Gasteiger partial charge in [0.05, 0.1) is 6.42 Å². The number of Topliss-reactive ketones (excluding diaryl/α,β-unsaturated/α-hetero) is 2. The van der Waals surface area contributed by atoms with Crippen LogP contribution in [0.1, 0.15) is 38.3 Å². The molecule has 0 radical (unpaired) electrons. The van der Waals surface area contributed by atoms with Gasteiger partial charge in [0.2, 0.25) is 5.91 Å². The van der Waals surface area contributed by atoms with Crippen molar-refractivity contribution >= 4 is 39.1 Å². The van der Waals surface area contributed by atoms with Crippen LogP contribution in [0.3, 0.4) is 0 Å². The molecule has 1 aliphatic rings. The number of amides is 1. The molecule has 29 heavy (non-hydrogen) atoms. The Balaban J connectivity index is 1.75. The first-order valence-corrected chi connectivity index (χ1v) is 10.0. The van der Waals surface area contributed by atoms with Gasteiger partial charge in [-0.3, -0.25) is 14.4 Å². The summed E-state index contributed by atoms with van der Waals surface area (Å²) in [6, 6.07) is 21.1. The number of nitrogens with one attached hydrogen (secondary N) is 1. The zero-order chi connectivity index (χ0) is 20.6. The van der Waals surface area contributed by atoms with Crippen LogP contribution < -0.4 is 5.32 Å². The number of aryl methyl sites for hydroxylation is 1. The van der Waals surface area contributed by atoms with Crippen LogP contribution >= 0.6 is 15.9 Å². The van der Waals surface area contributed by atoms with Gasteiger partial charge >= 0.3 is 0 Å². The summed E-state index contributed by atoms with van der Waals surface area (Å²) in [5.74, 6) is -1.05. The van der Waals surface area contributed by atoms with Crippen LogP contribution in [0.15, 0.2) is 77.3 Å². The van der Waals surface area contributed by atoms with Crippen molar-refractivity contribution < 1.29 is 14.4 Å². The number of halogens is 1. The van der Waals surface area contributed by atoms with Crippen molar-refractivity contribution in [3.8, 4) is 0 Å². The standard InChI is InChI=1S/C24H18BrNO3/c1-15-6-12-18(13-7-15)26-21(27)14-24(16-8-10-17(25)11-9-16)22(28)19-4-2-3-5-20(19)23(24)29/h2-13H,14H2,1H3,(H,26,27). The molecule has 5 heteroatoms. The van der Waals surface area contributed by atoms with Gasteiger partial charge in [-0.2, -0.15) is 0 Å². The lowest BCUT2D eigenvalue weighted by atomic mass is 9.73. The number of benzene rings is 3. The molecule has 0 unspecified atom stereocenters. The molecule has 4 rings (SSSR count). The van der Waals surface area contributed by atoms with E-state index >= 15 is 0 Å². The molecule has 3 aromatic rings. The van der Waals surface area contributed by atoms with Crippen molar-refractivity contribution in [3.63, 3.8) is 0 Å². The van der Waals surface area contributed by atoms with Crippen LogP contribution in [-0.2, 0) is 10.2 Å². The lowest BCUT2D eigenvalue weighted by molar-refractivity contribution is -0.116. The SMILES string of the molecule is Cc1ccc(NC(=O)CC2(c3ccc(Br)cc3)C(=O)c3ccccc3C2=O)cc1. The number of ketones is 2. The van der Waals surface area contributed by atoms with E-state index in [0.29, 0.717) is 22.4 Å². The first kappa shape index (κ1) is 19.3. The molecule has 0 spiro atoms. The minimum atomic E-state index is -1.56. The van der Waals surface area contributed by atoms with Crippen LogP contribution in [0.2, 0.25) is 0 Å². The summed E-state index contributed by atoms with van der Waals surface area (Å²) >= 11 is 3.38. The molecule has 0 atom stereocenters. The van der Waals surface area contributed by atoms with E-state index in [1.165, 1.54) is 0 Å². The summed E-state index contributed by atoms with van der Waals surface area (Å²) in [6.07, 6.45) is -0.255. The Morgan fingerprint density at radius 1 is 0.862 bits per heavy atom. The second kappa shape index (κ2) is 7.41. The molecule has 0 saturated heterocycles. The van der Waals surface area contributed by atoms with Crippen molar-refractivity contribution in [3.05, 3.63) is 99.5 Å². The van der Waals surface area contributed by atoms with Crippen molar-refractivity contribution in [2.45, 2.75) is 18.8 Å². The van der Waals surface area contributed by atoms with Crippen LogP contribution in [0.5, 0.6) is 0 Å². The molecule has 0 fully saturated rings. The third-order valence-electron chi connectivity index (χ3n) is 5.29. The Kier molecular flexibility index (Phi) is 4.92. The molecule has 0 heterocycles. The number of carbonyl (C=O) groups excluding carboxylic acids is 3. The third kappa shape index (κ3) is 3.32. The molecule has 0 aliphatic heterocycles. The Morgan fingerprint density at radius 2 is 1.41 bits per heavy atom. The summed E-state index contributed by atoms with van der Waals surface area (Å²) in [5.41, 5.74) is 1.39. The number of hydrogen-bond acceptors (Lipinski definition) is 3. The smallest absolute Gasteiger partial charge is 0.226 e. The number of fused-ring (bicyclic) bond motifs is 1. The monoisotopic (exact) mass is 447 g/mol. The summed E-state index contributed by atoms with van der Waals surface area (Å²) < 4.78 is 0.830. The first-order chi connectivity index (χ1) is 13.9. The predicted octanol–water partition coefficient (Wildman–Crippen LogP) is 5.10. The van der Waals surface area contributed by atoms with Crippen LogP contribution in [-0.4, -0.2) is 17.5 Å². The van der Waals surface area contributed by atoms with Gasteiger partial charge in [0, 0.05) is 21.3 Å². The van der Waals surface area contributed by atoms with Crippen molar-refractivity contribution in [2.75, 3.05) is 5.32 Å². The average Bonchev–Trinajstić information content (AvgIpc) is 2.93. The van der Waals surface area contributed by atoms with Gasteiger partial charge in [-0.1, -0.05) is 70.0 Å². The van der Waals surface area contributed by atoms with E-state index in [4.69, 9.17) is 0 Å². The molecule has 4 nitrogen and oxygen atoms in total. The van der Waals surface area contributed by atoms with Crippen LogP contribution in [0.25, 0.3) is 0 Å². The predicted molar refractivity (Wildman–Crippen MR) is 115 cm³/mol. The van der Waals surface area contributed by atoms with E-state index in [-0.39, 0.29) is 23.9 Å². The zero-order valence-corrected chi connectivity index (χ0v) is 17.3. The van der Waals surface area contributed by atoms with E-state index in [0.717, 1.165) is 10.0 Å². The van der Waals surface area contributed by atoms with Gasteiger partial charge in [0.1, 0.15) is 5.41 Å². The van der Waals surface area contributed by atoms with Crippen molar-refractivity contribution in [1.82, 2.24) is 0 Å². The van der Waals surface area contributed by atoms with Gasteiger partial charge < -0.3 is 5.32 Å². The average molecular weight is 448 g/mol. The fourth-order valence-electron chi connectivity index (χ4n) is 3.78. The quantitative estimate of drug-likeness (QED) is 0.565. The number of anilines is 1. The van der Waals surface area contributed by atoms with Gasteiger partial charge in [-0.25, -0.2) is 0 Å². The maximum atomic E-state index is 13.4.